The lowest BCUT2D eigenvalue weighted by molar-refractivity contribution is 0.327. The van der Waals surface area contributed by atoms with Crippen molar-refractivity contribution >= 4 is 28.5 Å². The normalized spacial score (nSPS) is 13.1. The number of nitrogens with zero attached hydrogens (tertiary/aromatic N) is 6. The van der Waals surface area contributed by atoms with Gasteiger partial charge in [-0.2, -0.15) is 0 Å². The number of aromatic nitrogens is 4. The van der Waals surface area contributed by atoms with Crippen LogP contribution in [-0.4, -0.2) is 66.8 Å². The summed E-state index contributed by atoms with van der Waals surface area (Å²) < 4.78 is 60.4. The van der Waals surface area contributed by atoms with Gasteiger partial charge in [-0.1, -0.05) is 12.1 Å². The monoisotopic (exact) mass is 559 g/mol. The zero-order valence-electron chi connectivity index (χ0n) is 22.3. The summed E-state index contributed by atoms with van der Waals surface area (Å²) in [6.45, 7) is 8.28. The Hall–Kier alpha value is -4.33. The third-order valence-corrected chi connectivity index (χ3v) is 7.03. The van der Waals surface area contributed by atoms with E-state index in [0.29, 0.717) is 35.4 Å². The fourth-order valence-corrected chi connectivity index (χ4v) is 4.42. The van der Waals surface area contributed by atoms with E-state index >= 15 is 0 Å². The van der Waals surface area contributed by atoms with Crippen LogP contribution in [0, 0.1) is 0 Å². The highest BCUT2D eigenvalue weighted by molar-refractivity contribution is 7.93. The maximum atomic E-state index is 13.4. The van der Waals surface area contributed by atoms with Crippen molar-refractivity contribution in [3.05, 3.63) is 48.4 Å². The third kappa shape index (κ3) is 6.96. The molecule has 39 heavy (non-hydrogen) atoms. The summed E-state index contributed by atoms with van der Waals surface area (Å²) in [5.74, 6) is 0.630. The Kier molecular flexibility index (Phi) is 9.71. The van der Waals surface area contributed by atoms with Gasteiger partial charge in [0, 0.05) is 12.5 Å². The minimum absolute atomic E-state index is 0.0513. The zero-order valence-corrected chi connectivity index (χ0v) is 23.1. The van der Waals surface area contributed by atoms with Gasteiger partial charge in [0.25, 0.3) is 0 Å². The molecule has 0 spiro atoms. The van der Waals surface area contributed by atoms with Gasteiger partial charge >= 0.3 is 0 Å². The molecule has 0 aliphatic carbocycles. The van der Waals surface area contributed by atoms with E-state index < -0.39 is 21.1 Å². The average molecular weight is 560 g/mol. The summed E-state index contributed by atoms with van der Waals surface area (Å²) >= 11 is 0. The maximum absolute atomic E-state index is 13.4. The lowest BCUT2D eigenvalue weighted by Crippen LogP contribution is -2.28. The second kappa shape index (κ2) is 13.0. The topological polar surface area (TPSA) is 142 Å². The molecule has 0 fully saturated rings. The van der Waals surface area contributed by atoms with Crippen molar-refractivity contribution in [2.75, 3.05) is 25.5 Å². The number of ether oxygens (including phenoxy) is 3. The van der Waals surface area contributed by atoms with Gasteiger partial charge in [0.2, 0.25) is 21.9 Å². The third-order valence-electron chi connectivity index (χ3n) is 5.34. The molecule has 2 heterocycles. The Morgan fingerprint density at radius 1 is 1.18 bits per heavy atom. The Balaban J connectivity index is 2.15. The Labute approximate surface area is 226 Å². The second-order valence-corrected chi connectivity index (χ2v) is 10.2. The first kappa shape index (κ1) is 29.2. The van der Waals surface area contributed by atoms with Gasteiger partial charge < -0.3 is 14.2 Å². The van der Waals surface area contributed by atoms with Crippen LogP contribution in [-0.2, 0) is 10.0 Å². The minimum Gasteiger partial charge on any atom is -0.494 e. The van der Waals surface area contributed by atoms with E-state index in [4.69, 9.17) is 14.2 Å². The molecule has 1 atom stereocenters. The van der Waals surface area contributed by atoms with Crippen molar-refractivity contribution in [1.82, 2.24) is 19.7 Å². The first-order valence-electron chi connectivity index (χ1n) is 11.8. The molecule has 0 bridgehead atoms. The number of hydrogen-bond donors (Lipinski definition) is 1. The van der Waals surface area contributed by atoms with Crippen LogP contribution in [0.3, 0.4) is 0 Å². The number of pyridine rings is 1. The smallest absolute Gasteiger partial charge is 0.243 e. The summed E-state index contributed by atoms with van der Waals surface area (Å²) in [4.78, 5) is 12.0. The molecule has 3 aromatic rings. The predicted molar refractivity (Wildman–Crippen MR) is 147 cm³/mol. The molecule has 0 aliphatic rings. The number of halogens is 1. The summed E-state index contributed by atoms with van der Waals surface area (Å²) in [6.07, 6.45) is 0.802. The van der Waals surface area contributed by atoms with Crippen molar-refractivity contribution in [3.8, 4) is 34.6 Å². The lowest BCUT2D eigenvalue weighted by Gasteiger charge is -2.19. The summed E-state index contributed by atoms with van der Waals surface area (Å²) in [5, 5.41) is 7.31. The molecular weight excluding hydrogens is 529 g/mol. The van der Waals surface area contributed by atoms with Gasteiger partial charge in [-0.3, -0.25) is 9.29 Å². The Morgan fingerprint density at radius 3 is 2.44 bits per heavy atom. The molecule has 1 N–H and O–H groups in total. The SMILES string of the molecule is C=N/C(C[C@@H](C)S(=O)(=O)Nc1nnc(-c2cccc(OCC)n2)n1-c1c(OC)cccc1OC)=N\C=C(/C)F. The number of benzene rings is 1. The zero-order chi connectivity index (χ0) is 28.6. The van der Waals surface area contributed by atoms with Crippen LogP contribution in [0.2, 0.25) is 0 Å². The van der Waals surface area contributed by atoms with Crippen molar-refractivity contribution < 1.29 is 27.0 Å². The van der Waals surface area contributed by atoms with Gasteiger partial charge in [-0.25, -0.2) is 27.8 Å². The molecule has 12 nitrogen and oxygen atoms in total. The lowest BCUT2D eigenvalue weighted by atomic mass is 10.2. The minimum atomic E-state index is -4.10. The summed E-state index contributed by atoms with van der Waals surface area (Å²) in [6, 6.07) is 10.2. The fraction of sp³-hybridized carbons (Fsp3) is 0.320. The number of amidine groups is 1. The summed E-state index contributed by atoms with van der Waals surface area (Å²) in [5.41, 5.74) is 0.702. The Bertz CT molecular complexity index is 1460. The number of aliphatic imine (C=N–C) groups is 2. The van der Waals surface area contributed by atoms with Crippen LogP contribution < -0.4 is 18.9 Å². The first-order chi connectivity index (χ1) is 18.6. The predicted octanol–water partition coefficient (Wildman–Crippen LogP) is 4.20. The quantitative estimate of drug-likeness (QED) is 0.257. The molecule has 208 valence electrons. The largest absolute Gasteiger partial charge is 0.494 e. The van der Waals surface area contributed by atoms with Gasteiger partial charge in [0.05, 0.1) is 32.3 Å². The van der Waals surface area contributed by atoms with E-state index in [9.17, 15) is 12.8 Å². The fourth-order valence-electron chi connectivity index (χ4n) is 3.46. The number of hydrogen-bond acceptors (Lipinski definition) is 9. The Morgan fingerprint density at radius 2 is 1.85 bits per heavy atom. The van der Waals surface area contributed by atoms with Crippen LogP contribution in [0.15, 0.2) is 58.4 Å². The molecule has 0 unspecified atom stereocenters. The van der Waals surface area contributed by atoms with Gasteiger partial charge in [-0.15, -0.1) is 10.2 Å². The molecule has 14 heteroatoms. The van der Waals surface area contributed by atoms with Crippen molar-refractivity contribution in [1.29, 1.82) is 0 Å². The molecule has 0 saturated carbocycles. The van der Waals surface area contributed by atoms with Crippen molar-refractivity contribution in [2.45, 2.75) is 32.4 Å². The van der Waals surface area contributed by atoms with Gasteiger partial charge in [0.1, 0.15) is 34.5 Å². The van der Waals surface area contributed by atoms with Crippen LogP contribution in [0.25, 0.3) is 17.2 Å². The van der Waals surface area contributed by atoms with E-state index in [-0.39, 0.29) is 24.0 Å². The summed E-state index contributed by atoms with van der Waals surface area (Å²) in [7, 11) is -1.15. The standard InChI is InChI=1S/C25H30FN7O5S/c1-7-38-22-13-8-10-18(29-22)24-30-31-25(33(24)23-19(36-5)11-9-12-20(23)37-6)32-39(34,35)17(3)14-21(27-4)28-15-16(2)26/h8-13,15,17H,4,7,14H2,1-3,5-6H3,(H,31,32)/b16-15+,28-21-/t17-/m1/s1. The van der Waals surface area contributed by atoms with Crippen molar-refractivity contribution in [3.63, 3.8) is 0 Å². The number of para-hydroxylation sites is 1. The molecule has 3 rings (SSSR count). The number of rotatable bonds is 12. The number of allylic oxidation sites excluding steroid dienone is 1. The molecular formula is C25H30FN7O5S. The van der Waals surface area contributed by atoms with Gasteiger partial charge in [-0.05, 0) is 45.7 Å². The number of methoxy groups -OCH3 is 2. The molecule has 0 radical (unpaired) electrons. The van der Waals surface area contributed by atoms with E-state index in [1.165, 1.54) is 32.6 Å². The van der Waals surface area contributed by atoms with E-state index in [0.717, 1.165) is 6.20 Å². The number of anilines is 1. The molecule has 2 aromatic heterocycles. The van der Waals surface area contributed by atoms with E-state index in [1.54, 1.807) is 36.4 Å². The van der Waals surface area contributed by atoms with Crippen LogP contribution in [0.1, 0.15) is 27.2 Å². The van der Waals surface area contributed by atoms with Crippen LogP contribution in [0.4, 0.5) is 10.3 Å². The van der Waals surface area contributed by atoms with E-state index in [2.05, 4.69) is 36.6 Å². The highest BCUT2D eigenvalue weighted by Gasteiger charge is 2.29. The first-order valence-corrected chi connectivity index (χ1v) is 13.3. The number of sulfonamides is 1. The second-order valence-electron chi connectivity index (χ2n) is 8.07. The van der Waals surface area contributed by atoms with Crippen molar-refractivity contribution in [2.24, 2.45) is 9.98 Å². The van der Waals surface area contributed by atoms with E-state index in [1.807, 2.05) is 6.92 Å². The van der Waals surface area contributed by atoms with Crippen LogP contribution >= 0.6 is 0 Å². The molecule has 0 saturated heterocycles. The van der Waals surface area contributed by atoms with Crippen LogP contribution in [0.5, 0.6) is 17.4 Å². The molecule has 0 amide bonds. The molecule has 0 aliphatic heterocycles. The number of nitrogens with one attached hydrogen (secondary N) is 1. The molecule has 1 aromatic carbocycles. The highest BCUT2D eigenvalue weighted by Crippen LogP contribution is 2.37. The average Bonchev–Trinajstić information content (AvgIpc) is 3.32. The highest BCUT2D eigenvalue weighted by atomic mass is 32.2. The van der Waals surface area contributed by atoms with Gasteiger partial charge in [0.15, 0.2) is 5.82 Å². The maximum Gasteiger partial charge on any atom is 0.243 e.